The molecule has 0 bridgehead atoms. The smallest absolute Gasteiger partial charge is 0.175 e. The Balaban J connectivity index is 2.64. The first-order chi connectivity index (χ1) is 6.04. The Bertz CT molecular complexity index is 267. The fraction of sp³-hybridized carbons (Fsp3) is 0.750. The largest absolute Gasteiger partial charge is 0.374 e. The number of rotatable bonds is 4. The average molecular weight is 199 g/mol. The van der Waals surface area contributed by atoms with Crippen LogP contribution in [0.15, 0.2) is 0 Å². The van der Waals surface area contributed by atoms with Crippen molar-refractivity contribution in [2.45, 2.75) is 33.2 Å². The van der Waals surface area contributed by atoms with E-state index in [1.165, 1.54) is 0 Å². The van der Waals surface area contributed by atoms with Crippen molar-refractivity contribution in [3.63, 3.8) is 0 Å². The van der Waals surface area contributed by atoms with Gasteiger partial charge < -0.3 is 4.74 Å². The van der Waals surface area contributed by atoms with Crippen LogP contribution in [0.5, 0.6) is 0 Å². The van der Waals surface area contributed by atoms with Crippen LogP contribution >= 0.6 is 0 Å². The number of nitrogens with zero attached hydrogens (tertiary/aromatic N) is 2. The van der Waals surface area contributed by atoms with Crippen LogP contribution < -0.4 is 5.45 Å². The van der Waals surface area contributed by atoms with E-state index in [1.54, 1.807) is 0 Å². The predicted octanol–water partition coefficient (Wildman–Crippen LogP) is 0.886. The van der Waals surface area contributed by atoms with Gasteiger partial charge in [-0.15, -0.1) is 0 Å². The Morgan fingerprint density at radius 3 is 2.54 bits per heavy atom. The van der Waals surface area contributed by atoms with Crippen molar-refractivity contribution in [3.05, 3.63) is 5.82 Å². The van der Waals surface area contributed by atoms with E-state index in [0.29, 0.717) is 13.2 Å². The van der Waals surface area contributed by atoms with Gasteiger partial charge in [0.1, 0.15) is 20.1 Å². The molecule has 4 nitrogen and oxygen atoms in total. The number of nitrogens with one attached hydrogen (secondary N) is 1. The summed E-state index contributed by atoms with van der Waals surface area (Å²) >= 11 is 0. The van der Waals surface area contributed by atoms with E-state index in [2.05, 4.69) is 34.8 Å². The summed E-state index contributed by atoms with van der Waals surface area (Å²) in [6, 6.07) is 0. The van der Waals surface area contributed by atoms with Gasteiger partial charge in [-0.25, -0.2) is 4.98 Å². The van der Waals surface area contributed by atoms with Crippen LogP contribution in [-0.4, -0.2) is 29.9 Å². The zero-order chi connectivity index (χ0) is 9.90. The molecular formula is C8H17N3OSi. The minimum absolute atomic E-state index is 0.511. The van der Waals surface area contributed by atoms with Gasteiger partial charge in [-0.05, 0) is 6.92 Å². The molecule has 1 heterocycles. The van der Waals surface area contributed by atoms with E-state index < -0.39 is 8.07 Å². The molecule has 1 aromatic rings. The summed E-state index contributed by atoms with van der Waals surface area (Å²) in [5.74, 6) is 0.763. The zero-order valence-corrected chi connectivity index (χ0v) is 9.72. The van der Waals surface area contributed by atoms with Crippen molar-refractivity contribution >= 4 is 13.5 Å². The van der Waals surface area contributed by atoms with Crippen LogP contribution in [-0.2, 0) is 11.3 Å². The van der Waals surface area contributed by atoms with Crippen LogP contribution in [0.3, 0.4) is 0 Å². The number of H-pyrrole nitrogens is 1. The lowest BCUT2D eigenvalue weighted by Crippen LogP contribution is -2.40. The van der Waals surface area contributed by atoms with Crippen molar-refractivity contribution in [3.8, 4) is 0 Å². The zero-order valence-electron chi connectivity index (χ0n) is 8.72. The van der Waals surface area contributed by atoms with E-state index >= 15 is 0 Å². The van der Waals surface area contributed by atoms with Gasteiger partial charge in [-0.2, -0.15) is 5.10 Å². The van der Waals surface area contributed by atoms with E-state index in [9.17, 15) is 0 Å². The molecule has 0 aromatic carbocycles. The fourth-order valence-electron chi connectivity index (χ4n) is 0.890. The molecule has 74 valence electrons. The van der Waals surface area contributed by atoms with Crippen molar-refractivity contribution in [1.29, 1.82) is 0 Å². The van der Waals surface area contributed by atoms with E-state index in [4.69, 9.17) is 4.74 Å². The van der Waals surface area contributed by atoms with Crippen LogP contribution in [0.2, 0.25) is 19.6 Å². The van der Waals surface area contributed by atoms with Crippen LogP contribution in [0.4, 0.5) is 0 Å². The van der Waals surface area contributed by atoms with Gasteiger partial charge in [0.15, 0.2) is 5.82 Å². The topological polar surface area (TPSA) is 50.8 Å². The third-order valence-corrected chi connectivity index (χ3v) is 3.32. The third kappa shape index (κ3) is 2.93. The quantitative estimate of drug-likeness (QED) is 0.733. The minimum Gasteiger partial charge on any atom is -0.374 e. The van der Waals surface area contributed by atoms with Crippen molar-refractivity contribution in [2.24, 2.45) is 0 Å². The van der Waals surface area contributed by atoms with Gasteiger partial charge in [0.05, 0.1) is 0 Å². The molecule has 1 aromatic heterocycles. The van der Waals surface area contributed by atoms with Gasteiger partial charge in [-0.1, -0.05) is 19.6 Å². The summed E-state index contributed by atoms with van der Waals surface area (Å²) in [5.41, 5.74) is 1.04. The summed E-state index contributed by atoms with van der Waals surface area (Å²) in [6.07, 6.45) is 0. The summed E-state index contributed by atoms with van der Waals surface area (Å²) in [6.45, 7) is 9.88. The molecule has 5 heteroatoms. The monoisotopic (exact) mass is 199 g/mol. The fourth-order valence-corrected chi connectivity index (χ4v) is 1.75. The molecule has 0 saturated carbocycles. The maximum absolute atomic E-state index is 5.22. The maximum atomic E-state index is 5.22. The second kappa shape index (κ2) is 4.02. The molecule has 0 fully saturated rings. The summed E-state index contributed by atoms with van der Waals surface area (Å²) in [5, 5.41) is 7.07. The lowest BCUT2D eigenvalue weighted by Gasteiger charge is -2.09. The first kappa shape index (κ1) is 10.4. The Morgan fingerprint density at radius 2 is 2.08 bits per heavy atom. The number of ether oxygens (including phenoxy) is 1. The van der Waals surface area contributed by atoms with Gasteiger partial charge >= 0.3 is 0 Å². The first-order valence-electron chi connectivity index (χ1n) is 4.53. The second-order valence-electron chi connectivity index (χ2n) is 3.99. The van der Waals surface area contributed by atoms with Crippen LogP contribution in [0, 0.1) is 0 Å². The molecule has 0 aliphatic rings. The first-order valence-corrected chi connectivity index (χ1v) is 8.03. The molecule has 0 aliphatic heterocycles. The van der Waals surface area contributed by atoms with Crippen LogP contribution in [0.25, 0.3) is 0 Å². The molecule has 0 unspecified atom stereocenters. The maximum Gasteiger partial charge on any atom is 0.175 e. The molecule has 0 atom stereocenters. The van der Waals surface area contributed by atoms with E-state index in [0.717, 1.165) is 11.3 Å². The summed E-state index contributed by atoms with van der Waals surface area (Å²) in [4.78, 5) is 4.39. The highest BCUT2D eigenvalue weighted by atomic mass is 28.3. The highest BCUT2D eigenvalue weighted by Gasteiger charge is 2.21. The van der Waals surface area contributed by atoms with Crippen LogP contribution in [0.1, 0.15) is 12.7 Å². The van der Waals surface area contributed by atoms with E-state index in [-0.39, 0.29) is 0 Å². The minimum atomic E-state index is -1.34. The number of hydrogen-bond acceptors (Lipinski definition) is 3. The molecule has 0 spiro atoms. The Hall–Kier alpha value is -0.683. The van der Waals surface area contributed by atoms with Gasteiger partial charge in [0.2, 0.25) is 0 Å². The Labute approximate surface area is 79.7 Å². The molecule has 13 heavy (non-hydrogen) atoms. The molecule has 1 N–H and O–H groups in total. The molecule has 1 rings (SSSR count). The predicted molar refractivity (Wildman–Crippen MR) is 54.7 cm³/mol. The lowest BCUT2D eigenvalue weighted by atomic mass is 10.7. The molecule has 0 saturated heterocycles. The lowest BCUT2D eigenvalue weighted by molar-refractivity contribution is 0.128. The van der Waals surface area contributed by atoms with Gasteiger partial charge in [-0.3, -0.25) is 5.10 Å². The van der Waals surface area contributed by atoms with Crippen molar-refractivity contribution < 1.29 is 4.74 Å². The highest BCUT2D eigenvalue weighted by molar-refractivity contribution is 6.87. The van der Waals surface area contributed by atoms with Crippen molar-refractivity contribution in [1.82, 2.24) is 15.2 Å². The summed E-state index contributed by atoms with van der Waals surface area (Å²) < 4.78 is 5.22. The standard InChI is InChI=1S/C8H17N3OSi/c1-5-12-6-7-9-8(11-10-7)13(2,3)4/h5-6H2,1-4H3,(H,9,10,11). The normalized spacial score (nSPS) is 12.0. The van der Waals surface area contributed by atoms with Gasteiger partial charge in [0.25, 0.3) is 0 Å². The highest BCUT2D eigenvalue weighted by Crippen LogP contribution is 1.98. The number of aromatic nitrogens is 3. The molecular weight excluding hydrogens is 182 g/mol. The third-order valence-electron chi connectivity index (χ3n) is 1.68. The Morgan fingerprint density at radius 1 is 1.38 bits per heavy atom. The number of hydrogen-bond donors (Lipinski definition) is 1. The second-order valence-corrected chi connectivity index (χ2v) is 8.96. The molecule has 0 radical (unpaired) electrons. The molecule has 0 aliphatic carbocycles. The molecule has 0 amide bonds. The van der Waals surface area contributed by atoms with Gasteiger partial charge in [0, 0.05) is 6.61 Å². The average Bonchev–Trinajstić information content (AvgIpc) is 2.47. The van der Waals surface area contributed by atoms with E-state index in [1.807, 2.05) is 6.92 Å². The summed E-state index contributed by atoms with van der Waals surface area (Å²) in [7, 11) is -1.34. The Kier molecular flexibility index (Phi) is 3.21. The van der Waals surface area contributed by atoms with Crippen molar-refractivity contribution in [2.75, 3.05) is 6.61 Å². The number of aromatic amines is 1. The SMILES string of the molecule is CCOCc1n[nH]c([Si](C)(C)C)n1.